The van der Waals surface area contributed by atoms with Gasteiger partial charge in [-0.25, -0.2) is 12.8 Å². The summed E-state index contributed by atoms with van der Waals surface area (Å²) in [4.78, 5) is 11.4. The minimum atomic E-state index is -3.95. The van der Waals surface area contributed by atoms with Crippen LogP contribution in [-0.2, 0) is 19.6 Å². The normalized spacial score (nSPS) is 15.4. The van der Waals surface area contributed by atoms with E-state index in [1.807, 2.05) is 0 Å². The van der Waals surface area contributed by atoms with E-state index in [1.165, 1.54) is 10.4 Å². The fourth-order valence-electron chi connectivity index (χ4n) is 2.35. The van der Waals surface area contributed by atoms with Gasteiger partial charge in [0, 0.05) is 25.2 Å². The second-order valence-electron chi connectivity index (χ2n) is 5.42. The summed E-state index contributed by atoms with van der Waals surface area (Å²) in [6, 6.07) is 3.57. The number of benzene rings is 1. The van der Waals surface area contributed by atoms with Crippen LogP contribution in [0.15, 0.2) is 23.1 Å². The monoisotopic (exact) mass is 395 g/mol. The number of ether oxygens (including phenoxy) is 1. The average molecular weight is 396 g/mol. The van der Waals surface area contributed by atoms with E-state index in [0.717, 1.165) is 12.1 Å². The number of nitrogens with one attached hydrogen (secondary N) is 2. The van der Waals surface area contributed by atoms with Crippen molar-refractivity contribution in [2.24, 2.45) is 0 Å². The topological polar surface area (TPSA) is 87.7 Å². The van der Waals surface area contributed by atoms with Crippen LogP contribution in [0.5, 0.6) is 0 Å². The number of anilines is 1. The first-order valence-electron chi connectivity index (χ1n) is 7.77. The smallest absolute Gasteiger partial charge is 0.246 e. The van der Waals surface area contributed by atoms with E-state index in [1.54, 1.807) is 7.05 Å². The molecule has 0 spiro atoms. The number of hydrogen-bond donors (Lipinski definition) is 2. The highest BCUT2D eigenvalue weighted by molar-refractivity contribution is 7.89. The minimum Gasteiger partial charge on any atom is -0.379 e. The molecular formula is C15H23ClFN3O4S. The molecule has 0 radical (unpaired) electrons. The predicted octanol–water partition coefficient (Wildman–Crippen LogP) is 1.21. The van der Waals surface area contributed by atoms with Gasteiger partial charge in [-0.3, -0.25) is 4.79 Å². The average Bonchev–Trinajstić information content (AvgIpc) is 2.57. The lowest BCUT2D eigenvalue weighted by molar-refractivity contribution is -0.116. The van der Waals surface area contributed by atoms with Crippen LogP contribution in [0.3, 0.4) is 0 Å². The predicted molar refractivity (Wildman–Crippen MR) is 95.0 cm³/mol. The van der Waals surface area contributed by atoms with Gasteiger partial charge in [-0.05, 0) is 38.2 Å². The maximum Gasteiger partial charge on any atom is 0.246 e. The van der Waals surface area contributed by atoms with Crippen LogP contribution >= 0.6 is 12.4 Å². The molecular weight excluding hydrogens is 373 g/mol. The Hall–Kier alpha value is -1.26. The Morgan fingerprint density at radius 1 is 1.32 bits per heavy atom. The molecule has 7 nitrogen and oxygen atoms in total. The SMILES string of the molecule is CNCCCC(=O)Nc1ccc(F)c(S(=O)(=O)N2CCOCC2)c1.Cl. The number of morpholine rings is 1. The van der Waals surface area contributed by atoms with Crippen molar-refractivity contribution in [2.45, 2.75) is 17.7 Å². The number of carbonyl (C=O) groups is 1. The van der Waals surface area contributed by atoms with Crippen LogP contribution in [0, 0.1) is 5.82 Å². The van der Waals surface area contributed by atoms with Crippen molar-refractivity contribution in [1.29, 1.82) is 0 Å². The van der Waals surface area contributed by atoms with E-state index < -0.39 is 20.7 Å². The highest BCUT2D eigenvalue weighted by Crippen LogP contribution is 2.24. The standard InChI is InChI=1S/C15H22FN3O4S.ClH/c1-17-6-2-3-15(20)18-12-4-5-13(16)14(11-12)24(21,22)19-7-9-23-10-8-19;/h4-5,11,17H,2-3,6-10H2,1H3,(H,18,20);1H. The maximum absolute atomic E-state index is 14.0. The number of hydrogen-bond acceptors (Lipinski definition) is 5. The largest absolute Gasteiger partial charge is 0.379 e. The summed E-state index contributed by atoms with van der Waals surface area (Å²) < 4.78 is 45.5. The van der Waals surface area contributed by atoms with E-state index in [9.17, 15) is 17.6 Å². The molecule has 1 aromatic rings. The van der Waals surface area contributed by atoms with Crippen LogP contribution in [0.1, 0.15) is 12.8 Å². The highest BCUT2D eigenvalue weighted by atomic mass is 35.5. The van der Waals surface area contributed by atoms with Gasteiger partial charge in [-0.1, -0.05) is 0 Å². The molecule has 1 heterocycles. The Bertz CT molecular complexity index is 681. The van der Waals surface area contributed by atoms with Gasteiger partial charge in [0.2, 0.25) is 15.9 Å². The molecule has 0 atom stereocenters. The molecule has 0 bridgehead atoms. The van der Waals surface area contributed by atoms with Gasteiger partial charge in [0.05, 0.1) is 13.2 Å². The number of amides is 1. The van der Waals surface area contributed by atoms with E-state index in [2.05, 4.69) is 10.6 Å². The Morgan fingerprint density at radius 3 is 2.64 bits per heavy atom. The lowest BCUT2D eigenvalue weighted by Crippen LogP contribution is -2.40. The molecule has 1 fully saturated rings. The lowest BCUT2D eigenvalue weighted by Gasteiger charge is -2.26. The fraction of sp³-hybridized carbons (Fsp3) is 0.533. The zero-order valence-corrected chi connectivity index (χ0v) is 15.6. The lowest BCUT2D eigenvalue weighted by atomic mass is 10.2. The highest BCUT2D eigenvalue weighted by Gasteiger charge is 2.29. The summed E-state index contributed by atoms with van der Waals surface area (Å²) in [5, 5.41) is 5.54. The summed E-state index contributed by atoms with van der Waals surface area (Å²) in [5.74, 6) is -1.08. The molecule has 1 aliphatic rings. The van der Waals surface area contributed by atoms with Crippen molar-refractivity contribution in [3.63, 3.8) is 0 Å². The fourth-order valence-corrected chi connectivity index (χ4v) is 3.85. The van der Waals surface area contributed by atoms with E-state index in [-0.39, 0.29) is 50.3 Å². The molecule has 0 aliphatic carbocycles. The van der Waals surface area contributed by atoms with Gasteiger partial charge in [0.25, 0.3) is 0 Å². The molecule has 1 amide bonds. The van der Waals surface area contributed by atoms with E-state index in [0.29, 0.717) is 19.4 Å². The number of nitrogens with zero attached hydrogens (tertiary/aromatic N) is 1. The maximum atomic E-state index is 14.0. The first kappa shape index (κ1) is 21.8. The Balaban J connectivity index is 0.00000312. The summed E-state index contributed by atoms with van der Waals surface area (Å²) >= 11 is 0. The van der Waals surface area contributed by atoms with Gasteiger partial charge in [0.15, 0.2) is 0 Å². The molecule has 1 aliphatic heterocycles. The Kier molecular flexibility index (Phi) is 8.74. The number of halogens is 2. The van der Waals surface area contributed by atoms with Crippen LogP contribution in [0.25, 0.3) is 0 Å². The summed E-state index contributed by atoms with van der Waals surface area (Å²) in [7, 11) is -2.16. The van der Waals surface area contributed by atoms with E-state index >= 15 is 0 Å². The van der Waals surface area contributed by atoms with Crippen molar-refractivity contribution in [1.82, 2.24) is 9.62 Å². The molecule has 2 N–H and O–H groups in total. The number of sulfonamides is 1. The first-order valence-corrected chi connectivity index (χ1v) is 9.21. The number of carbonyl (C=O) groups excluding carboxylic acids is 1. The second-order valence-corrected chi connectivity index (χ2v) is 7.32. The summed E-state index contributed by atoms with van der Waals surface area (Å²) in [6.45, 7) is 1.63. The van der Waals surface area contributed by atoms with Gasteiger partial charge in [-0.2, -0.15) is 4.31 Å². The molecule has 25 heavy (non-hydrogen) atoms. The minimum absolute atomic E-state index is 0. The van der Waals surface area contributed by atoms with Crippen LogP contribution < -0.4 is 10.6 Å². The van der Waals surface area contributed by atoms with Crippen molar-refractivity contribution in [3.8, 4) is 0 Å². The third kappa shape index (κ3) is 5.89. The van der Waals surface area contributed by atoms with Crippen molar-refractivity contribution < 1.29 is 22.3 Å². The quantitative estimate of drug-likeness (QED) is 0.677. The zero-order chi connectivity index (χ0) is 17.6. The van der Waals surface area contributed by atoms with Crippen molar-refractivity contribution >= 4 is 34.0 Å². The van der Waals surface area contributed by atoms with Crippen LogP contribution in [0.2, 0.25) is 0 Å². The Morgan fingerprint density at radius 2 is 2.00 bits per heavy atom. The van der Waals surface area contributed by atoms with Crippen molar-refractivity contribution in [2.75, 3.05) is 45.2 Å². The molecule has 1 saturated heterocycles. The van der Waals surface area contributed by atoms with Gasteiger partial charge >= 0.3 is 0 Å². The molecule has 0 saturated carbocycles. The third-order valence-corrected chi connectivity index (χ3v) is 5.55. The zero-order valence-electron chi connectivity index (χ0n) is 14.0. The summed E-state index contributed by atoms with van der Waals surface area (Å²) in [5.41, 5.74) is 0.262. The van der Waals surface area contributed by atoms with Crippen LogP contribution in [0.4, 0.5) is 10.1 Å². The molecule has 0 aromatic heterocycles. The van der Waals surface area contributed by atoms with E-state index in [4.69, 9.17) is 4.74 Å². The molecule has 142 valence electrons. The molecule has 1 aromatic carbocycles. The first-order chi connectivity index (χ1) is 11.4. The van der Waals surface area contributed by atoms with Gasteiger partial charge in [-0.15, -0.1) is 12.4 Å². The van der Waals surface area contributed by atoms with Gasteiger partial charge in [0.1, 0.15) is 10.7 Å². The summed E-state index contributed by atoms with van der Waals surface area (Å²) in [6.07, 6.45) is 0.951. The Labute approximate surface area is 153 Å². The number of rotatable bonds is 7. The molecule has 0 unspecified atom stereocenters. The van der Waals surface area contributed by atoms with Crippen molar-refractivity contribution in [3.05, 3.63) is 24.0 Å². The van der Waals surface area contributed by atoms with Crippen LogP contribution in [-0.4, -0.2) is 58.5 Å². The third-order valence-electron chi connectivity index (χ3n) is 3.63. The van der Waals surface area contributed by atoms with Gasteiger partial charge < -0.3 is 15.4 Å². The molecule has 2 rings (SSSR count). The molecule has 10 heteroatoms. The second kappa shape index (κ2) is 10.0.